The molecule has 1 fully saturated rings. The van der Waals surface area contributed by atoms with E-state index in [2.05, 4.69) is 15.6 Å². The number of methoxy groups -OCH3 is 1. The Morgan fingerprint density at radius 2 is 1.72 bits per heavy atom. The highest BCUT2D eigenvalue weighted by atomic mass is 35.5. The summed E-state index contributed by atoms with van der Waals surface area (Å²) in [6, 6.07) is 14.8. The summed E-state index contributed by atoms with van der Waals surface area (Å²) in [5, 5.41) is 11.3. The van der Waals surface area contributed by atoms with Crippen molar-refractivity contribution in [2.75, 3.05) is 13.7 Å². The molecule has 1 saturated carbocycles. The fraction of sp³-hybridized carbons (Fsp3) is 0.231. The second-order valence-electron chi connectivity index (χ2n) is 12.8. The average Bonchev–Trinajstić information content (AvgIpc) is 3.80. The monoisotopic (exact) mass is 763 g/mol. The fourth-order valence-corrected chi connectivity index (χ4v) is 6.66. The van der Waals surface area contributed by atoms with E-state index < -0.39 is 46.8 Å². The van der Waals surface area contributed by atoms with Crippen LogP contribution in [0.25, 0.3) is 11.1 Å². The Bertz CT molecular complexity index is 2290. The molecule has 0 radical (unpaired) electrons. The van der Waals surface area contributed by atoms with Gasteiger partial charge in [-0.05, 0) is 91.6 Å². The van der Waals surface area contributed by atoms with Crippen LogP contribution >= 0.6 is 11.6 Å². The molecule has 0 bridgehead atoms. The van der Waals surface area contributed by atoms with Crippen molar-refractivity contribution in [3.05, 3.63) is 141 Å². The van der Waals surface area contributed by atoms with Gasteiger partial charge >= 0.3 is 6.18 Å². The van der Waals surface area contributed by atoms with Crippen molar-refractivity contribution in [3.8, 4) is 16.9 Å². The zero-order valence-electron chi connectivity index (χ0n) is 28.8. The van der Waals surface area contributed by atoms with Gasteiger partial charge in [0.05, 0.1) is 31.0 Å². The summed E-state index contributed by atoms with van der Waals surface area (Å²) in [5.41, 5.74) is 0.537. The number of nitrogens with one attached hydrogen (secondary N) is 1. The topological polar surface area (TPSA) is 98.1 Å². The maximum absolute atomic E-state index is 15.0. The smallest absolute Gasteiger partial charge is 0.416 e. The van der Waals surface area contributed by atoms with E-state index >= 15 is 4.39 Å². The fourth-order valence-electron chi connectivity index (χ4n) is 6.44. The third-order valence-electron chi connectivity index (χ3n) is 9.14. The van der Waals surface area contributed by atoms with Crippen LogP contribution in [0.1, 0.15) is 80.4 Å². The quantitative estimate of drug-likeness (QED) is 0.0869. The number of rotatable bonds is 10. The summed E-state index contributed by atoms with van der Waals surface area (Å²) >= 11 is 6.76. The molecule has 0 spiro atoms. The summed E-state index contributed by atoms with van der Waals surface area (Å²) in [5.74, 6) is -3.37. The lowest BCUT2D eigenvalue weighted by Gasteiger charge is -2.29. The molecule has 1 aromatic heterocycles. The van der Waals surface area contributed by atoms with E-state index in [9.17, 15) is 27.2 Å². The molecule has 278 valence electrons. The van der Waals surface area contributed by atoms with Crippen LogP contribution in [0.3, 0.4) is 0 Å². The molecular weight excluding hydrogens is 733 g/mol. The maximum Gasteiger partial charge on any atom is 0.416 e. The minimum atomic E-state index is -4.96. The highest BCUT2D eigenvalue weighted by molar-refractivity contribution is 6.31. The third kappa shape index (κ3) is 7.38. The van der Waals surface area contributed by atoms with E-state index in [1.54, 1.807) is 36.2 Å². The molecule has 5 aromatic rings. The molecule has 1 aliphatic carbocycles. The highest BCUT2D eigenvalue weighted by Crippen LogP contribution is 2.46. The van der Waals surface area contributed by atoms with Crippen molar-refractivity contribution in [2.45, 2.75) is 44.6 Å². The Hall–Kier alpha value is -5.76. The molecule has 54 heavy (non-hydrogen) atoms. The second kappa shape index (κ2) is 14.6. The number of halogens is 6. The molecule has 1 N–H and O–H groups in total. The van der Waals surface area contributed by atoms with Gasteiger partial charge in [-0.1, -0.05) is 28.9 Å². The van der Waals surface area contributed by atoms with Crippen molar-refractivity contribution in [2.24, 2.45) is 5.16 Å². The molecule has 2 amide bonds. The van der Waals surface area contributed by atoms with Crippen molar-refractivity contribution >= 4 is 29.3 Å². The Labute approximate surface area is 310 Å². The van der Waals surface area contributed by atoms with E-state index in [4.69, 9.17) is 21.2 Å². The van der Waals surface area contributed by atoms with Gasteiger partial charge in [0.25, 0.3) is 11.8 Å². The van der Waals surface area contributed by atoms with Gasteiger partial charge in [-0.15, -0.1) is 0 Å². The molecule has 2 heterocycles. The zero-order chi connectivity index (χ0) is 38.3. The number of carbonyl (C=O) groups is 2. The van der Waals surface area contributed by atoms with E-state index in [0.29, 0.717) is 34.6 Å². The number of hydrogen-bond acceptors (Lipinski definition) is 6. The normalized spacial score (nSPS) is 16.0. The Morgan fingerprint density at radius 3 is 2.41 bits per heavy atom. The first kappa shape index (κ1) is 36.6. The minimum absolute atomic E-state index is 0.103. The number of nitrogens with zero attached hydrogens (tertiary/aromatic N) is 4. The van der Waals surface area contributed by atoms with E-state index in [-0.39, 0.29) is 52.8 Å². The first-order valence-electron chi connectivity index (χ1n) is 16.9. The van der Waals surface area contributed by atoms with E-state index in [1.165, 1.54) is 31.4 Å². The lowest BCUT2D eigenvalue weighted by molar-refractivity contribution is -0.137. The molecule has 1 unspecified atom stereocenters. The number of aromatic nitrogens is 2. The first-order chi connectivity index (χ1) is 25.8. The van der Waals surface area contributed by atoms with Crippen LogP contribution in [-0.4, -0.2) is 46.0 Å². The summed E-state index contributed by atoms with van der Waals surface area (Å²) in [4.78, 5) is 35.1. The standard InChI is InChI=1S/C39H31ClF5N5O4/c1-3-54-48-36-31-14-22(24-18-46-50(20-24)28-7-8-28)15-32(38(52)47-37(51)23-12-25(39(43,44)45)16-27(42)13-23)34(31)35(30-17-26(41)6-11-33(30)40)49(36)19-21-4-9-29(53-2)10-5-21/h4-6,9-18,20,28,35H,3,7-8,19H2,1-2H3,(H,47,51,52)/b48-36+. The third-order valence-corrected chi connectivity index (χ3v) is 9.48. The van der Waals surface area contributed by atoms with Crippen LogP contribution in [-0.2, 0) is 17.6 Å². The van der Waals surface area contributed by atoms with Gasteiger partial charge in [-0.3, -0.25) is 19.6 Å². The van der Waals surface area contributed by atoms with E-state index in [0.717, 1.165) is 18.4 Å². The number of ether oxygens (including phenoxy) is 1. The van der Waals surface area contributed by atoms with Gasteiger partial charge < -0.3 is 14.5 Å². The molecular formula is C39H31ClF5N5O4. The SMILES string of the molecule is CCO/N=C1\c2cc(-c3cnn(C4CC4)c3)cc(C(=O)NC(=O)c3cc(F)cc(C(F)(F)F)c3)c2C(c2cc(F)ccc2Cl)N1Cc1ccc(OC)cc1. The predicted molar refractivity (Wildman–Crippen MR) is 189 cm³/mol. The van der Waals surface area contributed by atoms with Crippen molar-refractivity contribution in [1.82, 2.24) is 20.0 Å². The van der Waals surface area contributed by atoms with Gasteiger partial charge in [0.15, 0.2) is 5.84 Å². The lowest BCUT2D eigenvalue weighted by atomic mass is 9.89. The largest absolute Gasteiger partial charge is 0.497 e. The van der Waals surface area contributed by atoms with Crippen LogP contribution < -0.4 is 10.1 Å². The van der Waals surface area contributed by atoms with Crippen molar-refractivity contribution in [1.29, 1.82) is 0 Å². The lowest BCUT2D eigenvalue weighted by Crippen LogP contribution is -2.33. The van der Waals surface area contributed by atoms with Gasteiger partial charge in [-0.25, -0.2) is 8.78 Å². The number of carbonyl (C=O) groups excluding carboxylic acids is 2. The second-order valence-corrected chi connectivity index (χ2v) is 13.2. The Morgan fingerprint density at radius 1 is 0.963 bits per heavy atom. The number of hydrogen-bond donors (Lipinski definition) is 1. The number of amidine groups is 1. The summed E-state index contributed by atoms with van der Waals surface area (Å²) in [6.07, 6.45) is 0.407. The van der Waals surface area contributed by atoms with Crippen molar-refractivity contribution < 1.29 is 41.1 Å². The number of oxime groups is 1. The number of alkyl halides is 3. The number of amides is 2. The van der Waals surface area contributed by atoms with Crippen LogP contribution in [0.2, 0.25) is 5.02 Å². The van der Waals surface area contributed by atoms with Gasteiger partial charge in [0.1, 0.15) is 24.0 Å². The van der Waals surface area contributed by atoms with Gasteiger partial charge in [-0.2, -0.15) is 18.3 Å². The van der Waals surface area contributed by atoms with Crippen molar-refractivity contribution in [3.63, 3.8) is 0 Å². The summed E-state index contributed by atoms with van der Waals surface area (Å²) < 4.78 is 77.1. The summed E-state index contributed by atoms with van der Waals surface area (Å²) in [7, 11) is 1.54. The molecule has 1 aliphatic heterocycles. The zero-order valence-corrected chi connectivity index (χ0v) is 29.5. The maximum atomic E-state index is 15.0. The number of fused-ring (bicyclic) bond motifs is 1. The van der Waals surface area contributed by atoms with Gasteiger partial charge in [0, 0.05) is 51.1 Å². The number of imide groups is 1. The van der Waals surface area contributed by atoms with Gasteiger partial charge in [0.2, 0.25) is 0 Å². The first-order valence-corrected chi connectivity index (χ1v) is 17.2. The summed E-state index contributed by atoms with van der Waals surface area (Å²) in [6.45, 7) is 2.04. The molecule has 2 aliphatic rings. The average molecular weight is 764 g/mol. The van der Waals surface area contributed by atoms with Crippen LogP contribution in [0.4, 0.5) is 22.0 Å². The van der Waals surface area contributed by atoms with Crippen LogP contribution in [0, 0.1) is 11.6 Å². The van der Waals surface area contributed by atoms with Crippen LogP contribution in [0.5, 0.6) is 5.75 Å². The Balaban J connectivity index is 1.42. The predicted octanol–water partition coefficient (Wildman–Crippen LogP) is 8.72. The minimum Gasteiger partial charge on any atom is -0.497 e. The molecule has 9 nitrogen and oxygen atoms in total. The number of benzene rings is 4. The Kier molecular flexibility index (Phi) is 9.88. The molecule has 7 rings (SSSR count). The molecule has 4 aromatic carbocycles. The molecule has 0 saturated heterocycles. The highest BCUT2D eigenvalue weighted by Gasteiger charge is 2.42. The molecule has 15 heteroatoms. The van der Waals surface area contributed by atoms with E-state index in [1.807, 2.05) is 23.0 Å². The van der Waals surface area contributed by atoms with Crippen LogP contribution in [0.15, 0.2) is 90.3 Å². The molecule has 1 atom stereocenters.